The van der Waals surface area contributed by atoms with Crippen LogP contribution in [0.3, 0.4) is 0 Å². The highest BCUT2D eigenvalue weighted by atomic mass is 35.5. The second-order valence-electron chi connectivity index (χ2n) is 5.44. The third kappa shape index (κ3) is 6.65. The van der Waals surface area contributed by atoms with Crippen LogP contribution in [0.15, 0.2) is 41.2 Å². The van der Waals surface area contributed by atoms with Crippen molar-refractivity contribution < 1.29 is 9.94 Å². The van der Waals surface area contributed by atoms with E-state index < -0.39 is 6.10 Å². The number of rotatable bonds is 7. The standard InChI is InChI=1S/C17H23ClN2O2/c18-17(10-9-15-7-3-1-4-8-15)19-22-14-16(21)13-20-11-5-2-6-12-20/h1,3-4,7-9,16,19,21H,2,5-6,11-14H2. The monoisotopic (exact) mass is 322 g/mol. The van der Waals surface area contributed by atoms with Crippen LogP contribution in [0.4, 0.5) is 0 Å². The summed E-state index contributed by atoms with van der Waals surface area (Å²) in [7, 11) is 0. The third-order valence-electron chi connectivity index (χ3n) is 3.52. The van der Waals surface area contributed by atoms with Crippen LogP contribution in [-0.4, -0.2) is 42.4 Å². The Morgan fingerprint density at radius 2 is 2.05 bits per heavy atom. The lowest BCUT2D eigenvalue weighted by molar-refractivity contribution is -0.0176. The Kier molecular flexibility index (Phi) is 7.50. The molecule has 1 aliphatic rings. The van der Waals surface area contributed by atoms with E-state index in [0.717, 1.165) is 18.7 Å². The van der Waals surface area contributed by atoms with Crippen molar-refractivity contribution in [3.05, 3.63) is 46.8 Å². The second-order valence-corrected chi connectivity index (χ2v) is 5.82. The first-order valence-corrected chi connectivity index (χ1v) is 8.07. The number of hydrogen-bond donors (Lipinski definition) is 2. The minimum absolute atomic E-state index is 0.194. The fourth-order valence-corrected chi connectivity index (χ4v) is 2.53. The molecule has 120 valence electrons. The van der Waals surface area contributed by atoms with Gasteiger partial charge in [0.25, 0.3) is 0 Å². The number of β-amino-alcohol motifs (C(OH)–C–C–N with tert-alkyl or cyclic N) is 1. The molecule has 0 spiro atoms. The van der Waals surface area contributed by atoms with Gasteiger partial charge in [0.05, 0.1) is 6.10 Å². The van der Waals surface area contributed by atoms with E-state index in [1.165, 1.54) is 19.3 Å². The highest BCUT2D eigenvalue weighted by Gasteiger charge is 2.14. The summed E-state index contributed by atoms with van der Waals surface area (Å²) in [5.41, 5.74) is 6.47. The van der Waals surface area contributed by atoms with Crippen LogP contribution < -0.4 is 5.48 Å². The third-order valence-corrected chi connectivity index (χ3v) is 3.71. The fourth-order valence-electron chi connectivity index (χ4n) is 2.42. The van der Waals surface area contributed by atoms with Crippen LogP contribution >= 0.6 is 11.6 Å². The Morgan fingerprint density at radius 3 is 2.77 bits per heavy atom. The predicted molar refractivity (Wildman–Crippen MR) is 89.2 cm³/mol. The van der Waals surface area contributed by atoms with Gasteiger partial charge in [-0.3, -0.25) is 4.84 Å². The van der Waals surface area contributed by atoms with E-state index >= 15 is 0 Å². The molecule has 1 aromatic carbocycles. The van der Waals surface area contributed by atoms with Crippen LogP contribution in [-0.2, 0) is 4.84 Å². The van der Waals surface area contributed by atoms with Crippen LogP contribution in [0.5, 0.6) is 0 Å². The molecule has 5 heteroatoms. The Bertz CT molecular complexity index is 495. The van der Waals surface area contributed by atoms with E-state index in [9.17, 15) is 5.11 Å². The van der Waals surface area contributed by atoms with E-state index in [1.807, 2.05) is 30.3 Å². The SMILES string of the molecule is OC(CONC(Cl)=C=Cc1ccccc1)CN1CCCCC1. The molecular formula is C17H23ClN2O2. The zero-order valence-electron chi connectivity index (χ0n) is 12.7. The molecule has 1 fully saturated rings. The first-order valence-electron chi connectivity index (χ1n) is 7.69. The Balaban J connectivity index is 1.67. The van der Waals surface area contributed by atoms with Crippen molar-refractivity contribution in [2.45, 2.75) is 25.4 Å². The average molecular weight is 323 g/mol. The zero-order chi connectivity index (χ0) is 15.6. The summed E-state index contributed by atoms with van der Waals surface area (Å²) < 4.78 is 0. The van der Waals surface area contributed by atoms with Gasteiger partial charge in [0.2, 0.25) is 0 Å². The predicted octanol–water partition coefficient (Wildman–Crippen LogP) is 2.75. The Morgan fingerprint density at radius 1 is 1.32 bits per heavy atom. The molecule has 0 radical (unpaired) electrons. The van der Waals surface area contributed by atoms with Crippen molar-refractivity contribution >= 4 is 17.7 Å². The molecule has 0 aromatic heterocycles. The normalized spacial score (nSPS) is 16.6. The number of hydroxylamine groups is 1. The Labute approximate surface area is 137 Å². The maximum Gasteiger partial charge on any atom is 0.169 e. The van der Waals surface area contributed by atoms with Crippen LogP contribution in [0, 0.1) is 0 Å². The van der Waals surface area contributed by atoms with Crippen LogP contribution in [0.25, 0.3) is 6.08 Å². The highest BCUT2D eigenvalue weighted by molar-refractivity contribution is 6.29. The van der Waals surface area contributed by atoms with Gasteiger partial charge >= 0.3 is 0 Å². The van der Waals surface area contributed by atoms with E-state index in [4.69, 9.17) is 16.4 Å². The van der Waals surface area contributed by atoms with Gasteiger partial charge < -0.3 is 10.0 Å². The molecule has 2 N–H and O–H groups in total. The Hall–Kier alpha value is -1.29. The van der Waals surface area contributed by atoms with Gasteiger partial charge in [-0.15, -0.1) is 0 Å². The second kappa shape index (κ2) is 9.67. The largest absolute Gasteiger partial charge is 0.389 e. The number of benzene rings is 1. The first kappa shape index (κ1) is 17.1. The van der Waals surface area contributed by atoms with E-state index in [2.05, 4.69) is 16.1 Å². The number of likely N-dealkylation sites (tertiary alicyclic amines) is 1. The van der Waals surface area contributed by atoms with Gasteiger partial charge in [0, 0.05) is 6.54 Å². The molecule has 1 aliphatic heterocycles. The van der Waals surface area contributed by atoms with Gasteiger partial charge in [-0.05, 0) is 37.6 Å². The quantitative estimate of drug-likeness (QED) is 0.460. The number of halogens is 1. The van der Waals surface area contributed by atoms with Gasteiger partial charge in [0.15, 0.2) is 5.16 Å². The van der Waals surface area contributed by atoms with Gasteiger partial charge in [0.1, 0.15) is 6.61 Å². The van der Waals surface area contributed by atoms with Crippen molar-refractivity contribution in [1.82, 2.24) is 10.4 Å². The summed E-state index contributed by atoms with van der Waals surface area (Å²) in [6.45, 7) is 2.96. The number of aliphatic hydroxyl groups excluding tert-OH is 1. The van der Waals surface area contributed by atoms with E-state index in [-0.39, 0.29) is 11.8 Å². The van der Waals surface area contributed by atoms with Crippen molar-refractivity contribution in [2.24, 2.45) is 0 Å². The van der Waals surface area contributed by atoms with Gasteiger partial charge in [-0.2, -0.15) is 0 Å². The lowest BCUT2D eigenvalue weighted by Crippen LogP contribution is -2.38. The van der Waals surface area contributed by atoms with E-state index in [1.54, 1.807) is 6.08 Å². The topological polar surface area (TPSA) is 44.7 Å². The summed E-state index contributed by atoms with van der Waals surface area (Å²) in [6, 6.07) is 9.76. The molecule has 0 saturated carbocycles. The molecule has 1 atom stereocenters. The maximum absolute atomic E-state index is 9.93. The van der Waals surface area contributed by atoms with Gasteiger partial charge in [-0.1, -0.05) is 54.1 Å². The van der Waals surface area contributed by atoms with Crippen molar-refractivity contribution in [3.63, 3.8) is 0 Å². The highest BCUT2D eigenvalue weighted by Crippen LogP contribution is 2.09. The molecule has 22 heavy (non-hydrogen) atoms. The summed E-state index contributed by atoms with van der Waals surface area (Å²) in [6.07, 6.45) is 4.96. The minimum atomic E-state index is -0.520. The molecule has 0 bridgehead atoms. The number of aliphatic hydroxyl groups is 1. The molecule has 1 saturated heterocycles. The van der Waals surface area contributed by atoms with Crippen LogP contribution in [0.1, 0.15) is 24.8 Å². The molecule has 1 unspecified atom stereocenters. The molecule has 0 amide bonds. The lowest BCUT2D eigenvalue weighted by Gasteiger charge is -2.28. The fraction of sp³-hybridized carbons (Fsp3) is 0.471. The van der Waals surface area contributed by atoms with Crippen molar-refractivity contribution in [2.75, 3.05) is 26.2 Å². The first-order chi connectivity index (χ1) is 10.7. The maximum atomic E-state index is 9.93. The lowest BCUT2D eigenvalue weighted by atomic mass is 10.1. The molecule has 4 nitrogen and oxygen atoms in total. The molecule has 1 aromatic rings. The van der Waals surface area contributed by atoms with Crippen molar-refractivity contribution in [1.29, 1.82) is 0 Å². The summed E-state index contributed by atoms with van der Waals surface area (Å²) >= 11 is 5.95. The van der Waals surface area contributed by atoms with Gasteiger partial charge in [-0.25, -0.2) is 5.48 Å². The molecule has 1 heterocycles. The number of nitrogens with one attached hydrogen (secondary N) is 1. The smallest absolute Gasteiger partial charge is 0.169 e. The average Bonchev–Trinajstić information content (AvgIpc) is 2.55. The minimum Gasteiger partial charge on any atom is -0.389 e. The van der Waals surface area contributed by atoms with Crippen LogP contribution in [0.2, 0.25) is 0 Å². The molecule has 2 rings (SSSR count). The van der Waals surface area contributed by atoms with E-state index in [0.29, 0.717) is 6.54 Å². The van der Waals surface area contributed by atoms with Crippen molar-refractivity contribution in [3.8, 4) is 0 Å². The summed E-state index contributed by atoms with van der Waals surface area (Å²) in [5, 5.41) is 10.2. The number of hydrogen-bond acceptors (Lipinski definition) is 4. The summed E-state index contributed by atoms with van der Waals surface area (Å²) in [4.78, 5) is 7.48. The zero-order valence-corrected chi connectivity index (χ0v) is 13.4. The number of piperidine rings is 1. The summed E-state index contributed by atoms with van der Waals surface area (Å²) in [5.74, 6) is 0. The molecular weight excluding hydrogens is 300 g/mol. The number of nitrogens with zero attached hydrogens (tertiary/aromatic N) is 1. The molecule has 0 aliphatic carbocycles.